The van der Waals surface area contributed by atoms with Gasteiger partial charge in [-0.05, 0) is 75.5 Å². The molecule has 2 saturated heterocycles. The van der Waals surface area contributed by atoms with Crippen molar-refractivity contribution in [3.8, 4) is 0 Å². The van der Waals surface area contributed by atoms with E-state index < -0.39 is 5.66 Å². The molecule has 2 aromatic rings. The molecule has 7 nitrogen and oxygen atoms in total. The minimum absolute atomic E-state index is 0.0155. The highest BCUT2D eigenvalue weighted by Crippen LogP contribution is 2.43. The van der Waals surface area contributed by atoms with Crippen LogP contribution in [0.15, 0.2) is 48.5 Å². The Morgan fingerprint density at radius 1 is 1.00 bits per heavy atom. The first-order chi connectivity index (χ1) is 16.5. The minimum Gasteiger partial charge on any atom is -0.326 e. The van der Waals surface area contributed by atoms with E-state index in [4.69, 9.17) is 0 Å². The lowest BCUT2D eigenvalue weighted by atomic mass is 9.98. The highest BCUT2D eigenvalue weighted by Gasteiger charge is 2.52. The van der Waals surface area contributed by atoms with Crippen LogP contribution in [0, 0.1) is 0 Å². The van der Waals surface area contributed by atoms with Crippen molar-refractivity contribution in [1.82, 2.24) is 9.80 Å². The van der Waals surface area contributed by atoms with Gasteiger partial charge >= 0.3 is 0 Å². The molecule has 1 unspecified atom stereocenters. The number of carbonyl (C=O) groups excluding carboxylic acids is 3. The van der Waals surface area contributed by atoms with Crippen molar-refractivity contribution < 1.29 is 14.4 Å². The molecular formula is C27H32N4O3. The van der Waals surface area contributed by atoms with Gasteiger partial charge in [0, 0.05) is 31.6 Å². The van der Waals surface area contributed by atoms with Gasteiger partial charge < -0.3 is 15.1 Å². The SMILES string of the molecule is CC12CCC(=O)N1c1ccccc1C(=O)N2CCC(=O)Nc1ccc(CCN2CCCC2)cc1. The van der Waals surface area contributed by atoms with Gasteiger partial charge in [0.25, 0.3) is 5.91 Å². The lowest BCUT2D eigenvalue weighted by Crippen LogP contribution is -2.62. The molecule has 3 amide bonds. The molecule has 0 spiro atoms. The summed E-state index contributed by atoms with van der Waals surface area (Å²) >= 11 is 0. The third kappa shape index (κ3) is 4.20. The molecule has 2 aromatic carbocycles. The largest absolute Gasteiger partial charge is 0.326 e. The van der Waals surface area contributed by atoms with Crippen LogP contribution in [0.4, 0.5) is 11.4 Å². The third-order valence-corrected chi connectivity index (χ3v) is 7.46. The molecule has 178 valence electrons. The zero-order valence-corrected chi connectivity index (χ0v) is 19.8. The molecule has 3 heterocycles. The maximum atomic E-state index is 13.3. The van der Waals surface area contributed by atoms with Crippen molar-refractivity contribution in [2.24, 2.45) is 0 Å². The van der Waals surface area contributed by atoms with E-state index in [0.717, 1.165) is 18.7 Å². The fraction of sp³-hybridized carbons (Fsp3) is 0.444. The van der Waals surface area contributed by atoms with Gasteiger partial charge in [0.1, 0.15) is 5.66 Å². The fourth-order valence-corrected chi connectivity index (χ4v) is 5.53. The van der Waals surface area contributed by atoms with Gasteiger partial charge in [0.2, 0.25) is 11.8 Å². The maximum absolute atomic E-state index is 13.3. The Morgan fingerprint density at radius 3 is 2.50 bits per heavy atom. The van der Waals surface area contributed by atoms with Crippen LogP contribution in [0.5, 0.6) is 0 Å². The van der Waals surface area contributed by atoms with Gasteiger partial charge in [-0.1, -0.05) is 24.3 Å². The number of rotatable bonds is 7. The molecule has 5 rings (SSSR count). The van der Waals surface area contributed by atoms with E-state index in [1.807, 2.05) is 31.2 Å². The number of para-hydroxylation sites is 1. The Bertz CT molecular complexity index is 1090. The maximum Gasteiger partial charge on any atom is 0.257 e. The predicted molar refractivity (Wildman–Crippen MR) is 132 cm³/mol. The number of carbonyl (C=O) groups is 3. The normalized spacial score (nSPS) is 22.1. The lowest BCUT2D eigenvalue weighted by molar-refractivity contribution is -0.117. The van der Waals surface area contributed by atoms with Crippen molar-refractivity contribution >= 4 is 29.1 Å². The fourth-order valence-electron chi connectivity index (χ4n) is 5.53. The summed E-state index contributed by atoms with van der Waals surface area (Å²) in [4.78, 5) is 44.6. The molecular weight excluding hydrogens is 428 g/mol. The van der Waals surface area contributed by atoms with E-state index in [0.29, 0.717) is 24.1 Å². The second-order valence-electron chi connectivity index (χ2n) is 9.71. The summed E-state index contributed by atoms with van der Waals surface area (Å²) in [6.45, 7) is 5.66. The summed E-state index contributed by atoms with van der Waals surface area (Å²) in [5, 5.41) is 2.95. The number of hydrogen-bond acceptors (Lipinski definition) is 4. The van der Waals surface area contributed by atoms with E-state index in [2.05, 4.69) is 22.3 Å². The van der Waals surface area contributed by atoms with Crippen molar-refractivity contribution in [2.75, 3.05) is 36.4 Å². The Labute approximate surface area is 200 Å². The molecule has 0 radical (unpaired) electrons. The number of benzene rings is 2. The first kappa shape index (κ1) is 22.6. The average Bonchev–Trinajstić information content (AvgIpc) is 3.46. The third-order valence-electron chi connectivity index (χ3n) is 7.46. The van der Waals surface area contributed by atoms with Gasteiger partial charge in [0.15, 0.2) is 0 Å². The summed E-state index contributed by atoms with van der Waals surface area (Å²) in [6.07, 6.45) is 4.74. The molecule has 7 heteroatoms. The van der Waals surface area contributed by atoms with Crippen LogP contribution >= 0.6 is 0 Å². The molecule has 3 aliphatic heterocycles. The van der Waals surface area contributed by atoms with Gasteiger partial charge in [-0.2, -0.15) is 0 Å². The molecule has 3 aliphatic rings. The molecule has 1 N–H and O–H groups in total. The van der Waals surface area contributed by atoms with Crippen LogP contribution in [0.25, 0.3) is 0 Å². The lowest BCUT2D eigenvalue weighted by Gasteiger charge is -2.48. The number of fused-ring (bicyclic) bond motifs is 3. The number of likely N-dealkylation sites (tertiary alicyclic amines) is 1. The number of nitrogens with zero attached hydrogens (tertiary/aromatic N) is 3. The molecule has 0 bridgehead atoms. The van der Waals surface area contributed by atoms with Crippen molar-refractivity contribution in [3.05, 3.63) is 59.7 Å². The monoisotopic (exact) mass is 460 g/mol. The molecule has 0 saturated carbocycles. The highest BCUT2D eigenvalue weighted by molar-refractivity contribution is 6.10. The summed E-state index contributed by atoms with van der Waals surface area (Å²) in [7, 11) is 0. The van der Waals surface area contributed by atoms with Crippen LogP contribution in [0.1, 0.15) is 54.9 Å². The highest BCUT2D eigenvalue weighted by atomic mass is 16.2. The zero-order valence-electron chi connectivity index (χ0n) is 19.8. The number of hydrogen-bond donors (Lipinski definition) is 1. The van der Waals surface area contributed by atoms with E-state index in [1.165, 1.54) is 31.5 Å². The Kier molecular flexibility index (Phi) is 6.13. The number of nitrogens with one attached hydrogen (secondary N) is 1. The molecule has 2 fully saturated rings. The van der Waals surface area contributed by atoms with Crippen molar-refractivity contribution in [1.29, 1.82) is 0 Å². The van der Waals surface area contributed by atoms with Crippen molar-refractivity contribution in [2.45, 2.75) is 51.1 Å². The first-order valence-corrected chi connectivity index (χ1v) is 12.3. The topological polar surface area (TPSA) is 73.0 Å². The number of anilines is 2. The van der Waals surface area contributed by atoms with Gasteiger partial charge in [-0.3, -0.25) is 19.3 Å². The van der Waals surface area contributed by atoms with Gasteiger partial charge in [-0.15, -0.1) is 0 Å². The molecule has 1 atom stereocenters. The summed E-state index contributed by atoms with van der Waals surface area (Å²) < 4.78 is 0. The Morgan fingerprint density at radius 2 is 1.74 bits per heavy atom. The van der Waals surface area contributed by atoms with Crippen LogP contribution in [-0.4, -0.2) is 59.4 Å². The second kappa shape index (κ2) is 9.22. The van der Waals surface area contributed by atoms with E-state index >= 15 is 0 Å². The molecule has 34 heavy (non-hydrogen) atoms. The quantitative estimate of drug-likeness (QED) is 0.685. The molecule has 0 aliphatic carbocycles. The van der Waals surface area contributed by atoms with E-state index in [9.17, 15) is 14.4 Å². The van der Waals surface area contributed by atoms with Crippen LogP contribution in [0.3, 0.4) is 0 Å². The summed E-state index contributed by atoms with van der Waals surface area (Å²) in [5.74, 6) is -0.253. The Hall–Kier alpha value is -3.19. The summed E-state index contributed by atoms with van der Waals surface area (Å²) in [6, 6.07) is 15.3. The zero-order chi connectivity index (χ0) is 23.7. The van der Waals surface area contributed by atoms with Crippen LogP contribution in [-0.2, 0) is 16.0 Å². The molecule has 0 aromatic heterocycles. The summed E-state index contributed by atoms with van der Waals surface area (Å²) in [5.41, 5.74) is 2.47. The van der Waals surface area contributed by atoms with Gasteiger partial charge in [0.05, 0.1) is 11.3 Å². The van der Waals surface area contributed by atoms with Crippen LogP contribution < -0.4 is 10.2 Å². The number of amides is 3. The average molecular weight is 461 g/mol. The first-order valence-electron chi connectivity index (χ1n) is 12.3. The second-order valence-corrected chi connectivity index (χ2v) is 9.71. The minimum atomic E-state index is -0.736. The Balaban J connectivity index is 1.20. The van der Waals surface area contributed by atoms with E-state index in [1.54, 1.807) is 21.9 Å². The van der Waals surface area contributed by atoms with E-state index in [-0.39, 0.29) is 30.7 Å². The van der Waals surface area contributed by atoms with Crippen molar-refractivity contribution in [3.63, 3.8) is 0 Å². The van der Waals surface area contributed by atoms with Gasteiger partial charge in [-0.25, -0.2) is 0 Å². The van der Waals surface area contributed by atoms with Crippen LogP contribution in [0.2, 0.25) is 0 Å². The standard InChI is InChI=1S/C27H32N4O3/c1-27-15-12-25(33)31(27)23-7-3-2-6-22(23)26(34)30(27)19-14-24(32)28-21-10-8-20(9-11-21)13-18-29-16-4-5-17-29/h2-3,6-11H,4-5,12-19H2,1H3,(H,28,32). The predicted octanol–water partition coefficient (Wildman–Crippen LogP) is 3.65. The smallest absolute Gasteiger partial charge is 0.257 e.